The van der Waals surface area contributed by atoms with E-state index in [1.165, 1.54) is 6.07 Å². The Balaban J connectivity index is 1.98. The zero-order chi connectivity index (χ0) is 18.0. The van der Waals surface area contributed by atoms with Gasteiger partial charge in [0.25, 0.3) is 10.0 Å². The molecule has 0 saturated carbocycles. The first kappa shape index (κ1) is 18.3. The van der Waals surface area contributed by atoms with Gasteiger partial charge in [-0.25, -0.2) is 12.8 Å². The van der Waals surface area contributed by atoms with E-state index in [1.807, 2.05) is 4.90 Å². The van der Waals surface area contributed by atoms with Gasteiger partial charge in [-0.3, -0.25) is 4.72 Å². The highest BCUT2D eigenvalue weighted by Gasteiger charge is 2.24. The molecule has 1 saturated heterocycles. The van der Waals surface area contributed by atoms with Crippen LogP contribution in [0.5, 0.6) is 0 Å². The first-order valence-electron chi connectivity index (χ1n) is 7.47. The molecule has 0 unspecified atom stereocenters. The summed E-state index contributed by atoms with van der Waals surface area (Å²) in [4.78, 5) is 1.45. The van der Waals surface area contributed by atoms with Gasteiger partial charge in [-0.2, -0.15) is 0 Å². The summed E-state index contributed by atoms with van der Waals surface area (Å²) in [7, 11) is -4.14. The summed E-state index contributed by atoms with van der Waals surface area (Å²) in [6, 6.07) is 8.29. The lowest BCUT2D eigenvalue weighted by Crippen LogP contribution is -2.37. The maximum atomic E-state index is 14.0. The zero-order valence-corrected chi connectivity index (χ0v) is 15.3. The van der Waals surface area contributed by atoms with Crippen molar-refractivity contribution in [1.29, 1.82) is 0 Å². The molecule has 9 heteroatoms. The molecule has 0 spiro atoms. The molecular formula is C16H15Cl2FN2O3S. The number of morpholine rings is 1. The van der Waals surface area contributed by atoms with Gasteiger partial charge >= 0.3 is 0 Å². The second kappa shape index (κ2) is 7.37. The number of hydrogen-bond acceptors (Lipinski definition) is 4. The highest BCUT2D eigenvalue weighted by molar-refractivity contribution is 7.92. The summed E-state index contributed by atoms with van der Waals surface area (Å²) in [5.41, 5.74) is 0.828. The second-order valence-corrected chi connectivity index (χ2v) is 7.91. The number of nitrogens with one attached hydrogen (secondary N) is 1. The number of para-hydroxylation sites is 1. The number of ether oxygens (including phenoxy) is 1. The monoisotopic (exact) mass is 404 g/mol. The Bertz CT molecular complexity index is 887. The van der Waals surface area contributed by atoms with Crippen LogP contribution in [-0.4, -0.2) is 34.7 Å². The smallest absolute Gasteiger partial charge is 0.264 e. The van der Waals surface area contributed by atoms with Crippen molar-refractivity contribution in [3.8, 4) is 0 Å². The maximum absolute atomic E-state index is 14.0. The van der Waals surface area contributed by atoms with E-state index in [0.29, 0.717) is 37.0 Å². The van der Waals surface area contributed by atoms with Gasteiger partial charge in [0.15, 0.2) is 0 Å². The Morgan fingerprint density at radius 3 is 2.52 bits per heavy atom. The average Bonchev–Trinajstić information content (AvgIpc) is 2.55. The maximum Gasteiger partial charge on any atom is 0.264 e. The van der Waals surface area contributed by atoms with Crippen molar-refractivity contribution >= 4 is 44.6 Å². The number of halogens is 3. The van der Waals surface area contributed by atoms with Crippen LogP contribution in [0.15, 0.2) is 41.3 Å². The van der Waals surface area contributed by atoms with Crippen molar-refractivity contribution in [2.24, 2.45) is 0 Å². The van der Waals surface area contributed by atoms with Crippen molar-refractivity contribution < 1.29 is 17.5 Å². The van der Waals surface area contributed by atoms with Crippen molar-refractivity contribution in [3.05, 3.63) is 52.3 Å². The Morgan fingerprint density at radius 2 is 1.84 bits per heavy atom. The summed E-state index contributed by atoms with van der Waals surface area (Å²) in [5, 5.41) is 0.520. The first-order chi connectivity index (χ1) is 11.9. The Morgan fingerprint density at radius 1 is 1.12 bits per heavy atom. The van der Waals surface area contributed by atoms with Crippen LogP contribution in [0.1, 0.15) is 0 Å². The summed E-state index contributed by atoms with van der Waals surface area (Å²) in [6.45, 7) is 2.19. The molecule has 1 aliphatic rings. The van der Waals surface area contributed by atoms with Gasteiger partial charge < -0.3 is 9.64 Å². The van der Waals surface area contributed by atoms with Crippen LogP contribution in [0, 0.1) is 5.82 Å². The van der Waals surface area contributed by atoms with Crippen LogP contribution >= 0.6 is 23.2 Å². The lowest BCUT2D eigenvalue weighted by Gasteiger charge is -2.31. The Kier molecular flexibility index (Phi) is 5.38. The lowest BCUT2D eigenvalue weighted by atomic mass is 10.2. The molecule has 0 atom stereocenters. The topological polar surface area (TPSA) is 58.6 Å². The van der Waals surface area contributed by atoms with Crippen LogP contribution in [0.2, 0.25) is 10.0 Å². The number of hydrogen-bond donors (Lipinski definition) is 1. The van der Waals surface area contributed by atoms with E-state index < -0.39 is 20.7 Å². The fourth-order valence-corrected chi connectivity index (χ4v) is 4.18. The van der Waals surface area contributed by atoms with Crippen molar-refractivity contribution in [3.63, 3.8) is 0 Å². The van der Waals surface area contributed by atoms with Crippen LogP contribution in [0.3, 0.4) is 0 Å². The molecule has 2 aromatic rings. The summed E-state index contributed by atoms with van der Waals surface area (Å²) < 4.78 is 47.0. The van der Waals surface area contributed by atoms with Crippen LogP contribution in [0.25, 0.3) is 0 Å². The van der Waals surface area contributed by atoms with Gasteiger partial charge in [0, 0.05) is 18.1 Å². The standard InChI is InChI=1S/C16H15Cl2FN2O3S/c17-11-4-5-15(13(19)10-11)25(22,23)20-14-3-1-2-12(18)16(14)21-6-8-24-9-7-21/h1-5,10,20H,6-9H2. The Hall–Kier alpha value is -1.54. The molecule has 0 aliphatic carbocycles. The average molecular weight is 405 g/mol. The molecule has 134 valence electrons. The van der Waals surface area contributed by atoms with E-state index >= 15 is 0 Å². The number of rotatable bonds is 4. The lowest BCUT2D eigenvalue weighted by molar-refractivity contribution is 0.123. The van der Waals surface area contributed by atoms with Gasteiger partial charge in [0.1, 0.15) is 10.7 Å². The molecule has 1 fully saturated rings. The second-order valence-electron chi connectivity index (χ2n) is 5.42. The van der Waals surface area contributed by atoms with Crippen molar-refractivity contribution in [2.45, 2.75) is 4.90 Å². The summed E-state index contributed by atoms with van der Waals surface area (Å²) >= 11 is 12.0. The third kappa shape index (κ3) is 4.00. The summed E-state index contributed by atoms with van der Waals surface area (Å²) in [6.07, 6.45) is 0. The van der Waals surface area contributed by atoms with Gasteiger partial charge in [-0.1, -0.05) is 29.3 Å². The first-order valence-corrected chi connectivity index (χ1v) is 9.71. The van der Waals surface area contributed by atoms with Gasteiger partial charge in [-0.05, 0) is 30.3 Å². The summed E-state index contributed by atoms with van der Waals surface area (Å²) in [5.74, 6) is -0.921. The van der Waals surface area contributed by atoms with Gasteiger partial charge in [0.05, 0.1) is 29.6 Å². The van der Waals surface area contributed by atoms with E-state index in [1.54, 1.807) is 18.2 Å². The predicted molar refractivity (Wildman–Crippen MR) is 96.7 cm³/mol. The van der Waals surface area contributed by atoms with E-state index in [9.17, 15) is 12.8 Å². The molecule has 5 nitrogen and oxygen atoms in total. The van der Waals surface area contributed by atoms with Crippen LogP contribution in [-0.2, 0) is 14.8 Å². The molecule has 0 radical (unpaired) electrons. The quantitative estimate of drug-likeness (QED) is 0.842. The third-order valence-electron chi connectivity index (χ3n) is 3.74. The zero-order valence-electron chi connectivity index (χ0n) is 13.0. The Labute approximate surface area is 155 Å². The minimum Gasteiger partial charge on any atom is -0.378 e. The van der Waals surface area contributed by atoms with Gasteiger partial charge in [0.2, 0.25) is 0 Å². The predicted octanol–water partition coefficient (Wildman–Crippen LogP) is 3.77. The molecule has 0 bridgehead atoms. The SMILES string of the molecule is O=S(=O)(Nc1cccc(Cl)c1N1CCOCC1)c1ccc(Cl)cc1F. The van der Waals surface area contributed by atoms with Crippen LogP contribution < -0.4 is 9.62 Å². The molecular weight excluding hydrogens is 390 g/mol. The molecule has 1 N–H and O–H groups in total. The van der Waals surface area contributed by atoms with E-state index in [4.69, 9.17) is 27.9 Å². The molecule has 1 aliphatic heterocycles. The number of benzene rings is 2. The number of sulfonamides is 1. The largest absolute Gasteiger partial charge is 0.378 e. The third-order valence-corrected chi connectivity index (χ3v) is 5.68. The highest BCUT2D eigenvalue weighted by Crippen LogP contribution is 2.36. The molecule has 3 rings (SSSR count). The molecule has 0 aromatic heterocycles. The van der Waals surface area contributed by atoms with Crippen molar-refractivity contribution in [1.82, 2.24) is 0 Å². The van der Waals surface area contributed by atoms with Crippen LogP contribution in [0.4, 0.5) is 15.8 Å². The van der Waals surface area contributed by atoms with E-state index in [2.05, 4.69) is 4.72 Å². The van der Waals surface area contributed by atoms with E-state index in [-0.39, 0.29) is 10.7 Å². The molecule has 0 amide bonds. The van der Waals surface area contributed by atoms with E-state index in [0.717, 1.165) is 12.1 Å². The fraction of sp³-hybridized carbons (Fsp3) is 0.250. The fourth-order valence-electron chi connectivity index (χ4n) is 2.60. The number of nitrogens with zero attached hydrogens (tertiary/aromatic N) is 1. The highest BCUT2D eigenvalue weighted by atomic mass is 35.5. The van der Waals surface area contributed by atoms with Gasteiger partial charge in [-0.15, -0.1) is 0 Å². The normalized spacial score (nSPS) is 15.2. The minimum atomic E-state index is -4.14. The minimum absolute atomic E-state index is 0.119. The molecule has 1 heterocycles. The van der Waals surface area contributed by atoms with Crippen molar-refractivity contribution in [2.75, 3.05) is 35.9 Å². The molecule has 2 aromatic carbocycles. The molecule has 25 heavy (non-hydrogen) atoms. The number of anilines is 2.